The van der Waals surface area contributed by atoms with Crippen molar-refractivity contribution in [1.82, 2.24) is 0 Å². The maximum absolute atomic E-state index is 13.4. The van der Waals surface area contributed by atoms with E-state index < -0.39 is 0 Å². The number of halogens is 1. The van der Waals surface area contributed by atoms with Crippen molar-refractivity contribution in [3.8, 4) is 0 Å². The molecule has 0 aliphatic rings. The highest BCUT2D eigenvalue weighted by atomic mass is 19.1. The van der Waals surface area contributed by atoms with Crippen LogP contribution in [0.5, 0.6) is 0 Å². The second-order valence-electron chi connectivity index (χ2n) is 3.75. The standard InChI is InChI=1S/C14H15FN2/c1-2-17(11-7-4-3-5-8-11)13-10-6-9-12(15)14(13)16/h3-10H,2,16H2,1H3. The number of para-hydroxylation sites is 2. The van der Waals surface area contributed by atoms with Gasteiger partial charge in [-0.25, -0.2) is 4.39 Å². The highest BCUT2D eigenvalue weighted by Crippen LogP contribution is 2.31. The molecule has 88 valence electrons. The Morgan fingerprint density at radius 3 is 2.41 bits per heavy atom. The van der Waals surface area contributed by atoms with Crippen molar-refractivity contribution < 1.29 is 4.39 Å². The summed E-state index contributed by atoms with van der Waals surface area (Å²) in [6.45, 7) is 2.75. The van der Waals surface area contributed by atoms with Crippen molar-refractivity contribution in [3.05, 3.63) is 54.3 Å². The van der Waals surface area contributed by atoms with Crippen LogP contribution in [-0.2, 0) is 0 Å². The predicted molar refractivity (Wildman–Crippen MR) is 69.9 cm³/mol. The second kappa shape index (κ2) is 4.87. The molecule has 2 aromatic carbocycles. The lowest BCUT2D eigenvalue weighted by Gasteiger charge is -2.24. The lowest BCUT2D eigenvalue weighted by Crippen LogP contribution is -2.17. The van der Waals surface area contributed by atoms with Crippen LogP contribution in [-0.4, -0.2) is 6.54 Å². The lowest BCUT2D eigenvalue weighted by atomic mass is 10.2. The van der Waals surface area contributed by atoms with E-state index in [0.29, 0.717) is 5.69 Å². The Kier molecular flexibility index (Phi) is 3.28. The van der Waals surface area contributed by atoms with Crippen molar-refractivity contribution in [2.45, 2.75) is 6.92 Å². The van der Waals surface area contributed by atoms with E-state index >= 15 is 0 Å². The van der Waals surface area contributed by atoms with Gasteiger partial charge in [0.2, 0.25) is 0 Å². The first kappa shape index (κ1) is 11.5. The molecule has 0 heterocycles. The topological polar surface area (TPSA) is 29.3 Å². The summed E-state index contributed by atoms with van der Waals surface area (Å²) in [6, 6.07) is 14.7. The summed E-state index contributed by atoms with van der Waals surface area (Å²) in [5.41, 5.74) is 7.69. The van der Waals surface area contributed by atoms with Crippen LogP contribution in [0.25, 0.3) is 0 Å². The first-order valence-corrected chi connectivity index (χ1v) is 5.60. The largest absolute Gasteiger partial charge is 0.395 e. The quantitative estimate of drug-likeness (QED) is 0.817. The maximum atomic E-state index is 13.4. The molecule has 2 N–H and O–H groups in total. The van der Waals surface area contributed by atoms with Gasteiger partial charge in [0.25, 0.3) is 0 Å². The van der Waals surface area contributed by atoms with Gasteiger partial charge in [0.05, 0.1) is 11.4 Å². The third-order valence-electron chi connectivity index (χ3n) is 2.70. The molecule has 0 spiro atoms. The van der Waals surface area contributed by atoms with Crippen molar-refractivity contribution in [2.24, 2.45) is 0 Å². The third-order valence-corrected chi connectivity index (χ3v) is 2.70. The van der Waals surface area contributed by atoms with Gasteiger partial charge in [-0.15, -0.1) is 0 Å². The summed E-state index contributed by atoms with van der Waals surface area (Å²) in [5.74, 6) is -0.378. The van der Waals surface area contributed by atoms with E-state index in [0.717, 1.165) is 12.2 Å². The molecule has 0 bridgehead atoms. The monoisotopic (exact) mass is 230 g/mol. The molecule has 2 aromatic rings. The molecule has 17 heavy (non-hydrogen) atoms. The molecule has 0 saturated heterocycles. The van der Waals surface area contributed by atoms with Crippen molar-refractivity contribution in [1.29, 1.82) is 0 Å². The van der Waals surface area contributed by atoms with E-state index in [-0.39, 0.29) is 11.5 Å². The van der Waals surface area contributed by atoms with Crippen LogP contribution in [0, 0.1) is 5.82 Å². The molecule has 0 radical (unpaired) electrons. The molecule has 0 atom stereocenters. The highest BCUT2D eigenvalue weighted by Gasteiger charge is 2.12. The molecule has 3 heteroatoms. The number of rotatable bonds is 3. The van der Waals surface area contributed by atoms with Crippen LogP contribution in [0.2, 0.25) is 0 Å². The van der Waals surface area contributed by atoms with Crippen LogP contribution < -0.4 is 10.6 Å². The van der Waals surface area contributed by atoms with Crippen molar-refractivity contribution in [3.63, 3.8) is 0 Å². The average molecular weight is 230 g/mol. The Hall–Kier alpha value is -2.03. The molecule has 0 unspecified atom stereocenters. The fourth-order valence-electron chi connectivity index (χ4n) is 1.86. The average Bonchev–Trinajstić information content (AvgIpc) is 2.37. The van der Waals surface area contributed by atoms with E-state index in [1.165, 1.54) is 6.07 Å². The van der Waals surface area contributed by atoms with E-state index in [1.807, 2.05) is 48.2 Å². The SMILES string of the molecule is CCN(c1ccccc1)c1cccc(F)c1N. The molecule has 0 aliphatic carbocycles. The Morgan fingerprint density at radius 1 is 1.06 bits per heavy atom. The van der Waals surface area contributed by atoms with Crippen molar-refractivity contribution >= 4 is 17.1 Å². The van der Waals surface area contributed by atoms with Gasteiger partial charge in [-0.1, -0.05) is 24.3 Å². The van der Waals surface area contributed by atoms with Gasteiger partial charge in [0.1, 0.15) is 5.82 Å². The summed E-state index contributed by atoms with van der Waals surface area (Å²) >= 11 is 0. The van der Waals surface area contributed by atoms with Gasteiger partial charge in [-0.05, 0) is 31.2 Å². The van der Waals surface area contributed by atoms with E-state index in [9.17, 15) is 4.39 Å². The zero-order valence-corrected chi connectivity index (χ0v) is 9.73. The van der Waals surface area contributed by atoms with Gasteiger partial charge in [0.15, 0.2) is 0 Å². The number of nitrogens with two attached hydrogens (primary N) is 1. The second-order valence-corrected chi connectivity index (χ2v) is 3.75. The summed E-state index contributed by atoms with van der Waals surface area (Å²) < 4.78 is 13.4. The minimum absolute atomic E-state index is 0.193. The Morgan fingerprint density at radius 2 is 1.76 bits per heavy atom. The number of hydrogen-bond acceptors (Lipinski definition) is 2. The molecule has 2 rings (SSSR count). The van der Waals surface area contributed by atoms with Crippen LogP contribution in [0.3, 0.4) is 0 Å². The highest BCUT2D eigenvalue weighted by molar-refractivity contribution is 5.75. The minimum Gasteiger partial charge on any atom is -0.395 e. The molecule has 0 fully saturated rings. The first-order valence-electron chi connectivity index (χ1n) is 5.60. The number of hydrogen-bond donors (Lipinski definition) is 1. The van der Waals surface area contributed by atoms with Crippen LogP contribution in [0.15, 0.2) is 48.5 Å². The lowest BCUT2D eigenvalue weighted by molar-refractivity contribution is 0.632. The molecular formula is C14H15FN2. The fourth-order valence-corrected chi connectivity index (χ4v) is 1.86. The van der Waals surface area contributed by atoms with Gasteiger partial charge >= 0.3 is 0 Å². The molecular weight excluding hydrogens is 215 g/mol. The fraction of sp³-hybridized carbons (Fsp3) is 0.143. The van der Waals surface area contributed by atoms with E-state index in [1.54, 1.807) is 6.07 Å². The molecule has 0 aromatic heterocycles. The Balaban J connectivity index is 2.46. The summed E-state index contributed by atoms with van der Waals surface area (Å²) in [5, 5.41) is 0. The smallest absolute Gasteiger partial charge is 0.148 e. The van der Waals surface area contributed by atoms with Gasteiger partial charge in [0, 0.05) is 12.2 Å². The number of nitrogen functional groups attached to an aromatic ring is 1. The summed E-state index contributed by atoms with van der Waals surface area (Å²) in [7, 11) is 0. The van der Waals surface area contributed by atoms with E-state index in [2.05, 4.69) is 0 Å². The predicted octanol–water partition coefficient (Wildman–Crippen LogP) is 3.57. The minimum atomic E-state index is -0.378. The normalized spacial score (nSPS) is 10.2. The Labute approximate surface area is 100 Å². The zero-order valence-electron chi connectivity index (χ0n) is 9.73. The van der Waals surface area contributed by atoms with E-state index in [4.69, 9.17) is 5.73 Å². The van der Waals surface area contributed by atoms with Gasteiger partial charge < -0.3 is 10.6 Å². The summed E-state index contributed by atoms with van der Waals surface area (Å²) in [4.78, 5) is 1.98. The number of anilines is 3. The molecule has 2 nitrogen and oxygen atoms in total. The van der Waals surface area contributed by atoms with Gasteiger partial charge in [-0.2, -0.15) is 0 Å². The molecule has 0 amide bonds. The van der Waals surface area contributed by atoms with Gasteiger partial charge in [-0.3, -0.25) is 0 Å². The third kappa shape index (κ3) is 2.23. The van der Waals surface area contributed by atoms with Crippen LogP contribution >= 0.6 is 0 Å². The molecule has 0 saturated carbocycles. The van der Waals surface area contributed by atoms with Crippen LogP contribution in [0.4, 0.5) is 21.5 Å². The van der Waals surface area contributed by atoms with Crippen molar-refractivity contribution in [2.75, 3.05) is 17.2 Å². The zero-order chi connectivity index (χ0) is 12.3. The summed E-state index contributed by atoms with van der Waals surface area (Å²) in [6.07, 6.45) is 0. The first-order chi connectivity index (χ1) is 8.24. The van der Waals surface area contributed by atoms with Crippen LogP contribution in [0.1, 0.15) is 6.92 Å². The maximum Gasteiger partial charge on any atom is 0.148 e. The Bertz CT molecular complexity index is 497. The number of nitrogens with zero attached hydrogens (tertiary/aromatic N) is 1. The number of benzene rings is 2. The molecule has 0 aliphatic heterocycles.